The first kappa shape index (κ1) is 22.9. The molecular weight excluding hydrogens is 422 g/mol. The molecule has 0 amide bonds. The van der Waals surface area contributed by atoms with E-state index in [1.807, 2.05) is 18.5 Å². The maximum absolute atomic E-state index is 10.7. The van der Waals surface area contributed by atoms with Gasteiger partial charge < -0.3 is 15.3 Å². The van der Waals surface area contributed by atoms with E-state index in [-0.39, 0.29) is 16.8 Å². The van der Waals surface area contributed by atoms with Gasteiger partial charge in [-0.1, -0.05) is 6.07 Å². The van der Waals surface area contributed by atoms with Crippen molar-refractivity contribution in [1.82, 2.24) is 20.1 Å². The number of benzene rings is 1. The molecule has 1 saturated heterocycles. The van der Waals surface area contributed by atoms with Gasteiger partial charge in [0, 0.05) is 59.3 Å². The average Bonchev–Trinajstić information content (AvgIpc) is 3.21. The van der Waals surface area contributed by atoms with Crippen LogP contribution in [0, 0.1) is 0 Å². The third-order valence-corrected chi connectivity index (χ3v) is 7.43. The van der Waals surface area contributed by atoms with Crippen LogP contribution in [0.5, 0.6) is 5.75 Å². The van der Waals surface area contributed by atoms with Crippen molar-refractivity contribution >= 4 is 5.82 Å². The van der Waals surface area contributed by atoms with Gasteiger partial charge in [-0.15, -0.1) is 0 Å². The number of aromatic hydroxyl groups is 1. The number of nitrogens with zero attached hydrogens (tertiary/aromatic N) is 4. The third kappa shape index (κ3) is 4.43. The number of phenolic OH excluding ortho intramolecular Hbond substituents is 1. The smallest absolute Gasteiger partial charge is 0.128 e. The lowest BCUT2D eigenvalue weighted by molar-refractivity contribution is 0.160. The minimum Gasteiger partial charge on any atom is -0.507 e. The molecule has 2 aromatic heterocycles. The summed E-state index contributed by atoms with van der Waals surface area (Å²) in [6.45, 7) is 10.1. The molecule has 34 heavy (non-hydrogen) atoms. The summed E-state index contributed by atoms with van der Waals surface area (Å²) in [6, 6.07) is 10.4. The Labute approximate surface area is 203 Å². The molecule has 0 bridgehead atoms. The van der Waals surface area contributed by atoms with E-state index in [0.717, 1.165) is 48.3 Å². The van der Waals surface area contributed by atoms with E-state index in [2.05, 4.69) is 72.9 Å². The van der Waals surface area contributed by atoms with Crippen LogP contribution >= 0.6 is 0 Å². The monoisotopic (exact) mass is 459 g/mol. The van der Waals surface area contributed by atoms with Gasteiger partial charge in [0.2, 0.25) is 0 Å². The Bertz CT molecular complexity index is 1160. The van der Waals surface area contributed by atoms with Crippen LogP contribution < -0.4 is 10.2 Å². The maximum Gasteiger partial charge on any atom is 0.128 e. The predicted molar refractivity (Wildman–Crippen MR) is 138 cm³/mol. The summed E-state index contributed by atoms with van der Waals surface area (Å²) in [5, 5.41) is 19.0. The molecule has 0 unspecified atom stereocenters. The number of nitrogens with one attached hydrogen (secondary N) is 1. The predicted octanol–water partition coefficient (Wildman–Crippen LogP) is 5.40. The first-order chi connectivity index (χ1) is 16.1. The highest BCUT2D eigenvalue weighted by atomic mass is 16.3. The number of aromatic nitrogens is 3. The third-order valence-electron chi connectivity index (χ3n) is 7.43. The minimum absolute atomic E-state index is 0.0833. The molecule has 180 valence electrons. The SMILES string of the molecule is CN(c1ccc(-c2cc(-c3cnn4c3CCCC4)ccc2O)cn1)C1CC(C)(C)NC(C)(C)C1. The molecule has 3 aromatic rings. The van der Waals surface area contributed by atoms with Crippen molar-refractivity contribution in [2.45, 2.75) is 83.5 Å². The number of pyridine rings is 1. The number of piperidine rings is 1. The van der Waals surface area contributed by atoms with E-state index >= 15 is 0 Å². The lowest BCUT2D eigenvalue weighted by Crippen LogP contribution is -2.62. The van der Waals surface area contributed by atoms with Gasteiger partial charge in [0.05, 0.1) is 6.20 Å². The summed E-state index contributed by atoms with van der Waals surface area (Å²) in [5.74, 6) is 1.23. The summed E-state index contributed by atoms with van der Waals surface area (Å²) >= 11 is 0. The van der Waals surface area contributed by atoms with Gasteiger partial charge in [0.25, 0.3) is 0 Å². The highest BCUT2D eigenvalue weighted by molar-refractivity contribution is 5.78. The Kier molecular flexibility index (Phi) is 5.67. The van der Waals surface area contributed by atoms with E-state index in [4.69, 9.17) is 4.98 Å². The Morgan fingerprint density at radius 1 is 0.971 bits per heavy atom. The second-order valence-electron chi connectivity index (χ2n) is 11.4. The molecule has 2 aliphatic rings. The van der Waals surface area contributed by atoms with Crippen molar-refractivity contribution < 1.29 is 5.11 Å². The first-order valence-electron chi connectivity index (χ1n) is 12.5. The Balaban J connectivity index is 1.41. The zero-order valence-electron chi connectivity index (χ0n) is 21.1. The molecule has 0 atom stereocenters. The molecule has 6 heteroatoms. The molecule has 5 rings (SSSR count). The molecule has 0 spiro atoms. The number of anilines is 1. The van der Waals surface area contributed by atoms with E-state index < -0.39 is 0 Å². The van der Waals surface area contributed by atoms with Crippen LogP contribution in [-0.2, 0) is 13.0 Å². The normalized spacial score (nSPS) is 19.6. The van der Waals surface area contributed by atoms with Crippen LogP contribution in [0.25, 0.3) is 22.3 Å². The Morgan fingerprint density at radius 2 is 1.71 bits per heavy atom. The summed E-state index contributed by atoms with van der Waals surface area (Å²) in [4.78, 5) is 7.12. The van der Waals surface area contributed by atoms with E-state index in [1.54, 1.807) is 6.07 Å². The molecule has 0 saturated carbocycles. The summed E-state index contributed by atoms with van der Waals surface area (Å²) in [6.07, 6.45) is 9.43. The lowest BCUT2D eigenvalue weighted by atomic mass is 9.79. The molecular formula is C28H37N5O. The van der Waals surface area contributed by atoms with Gasteiger partial charge in [-0.05, 0) is 89.6 Å². The standard InChI is InChI=1S/C28H37N5O/c1-27(2)15-21(16-28(3,4)31-27)32(5)26-12-10-20(17-29-26)22-14-19(9-11-25(22)34)23-18-30-33-13-7-6-8-24(23)33/h9-12,14,17-18,21,31,34H,6-8,13,15-16H2,1-5H3. The van der Waals surface area contributed by atoms with E-state index in [1.165, 1.54) is 24.1 Å². The topological polar surface area (TPSA) is 66.2 Å². The summed E-state index contributed by atoms with van der Waals surface area (Å²) < 4.78 is 2.13. The molecule has 6 nitrogen and oxygen atoms in total. The van der Waals surface area contributed by atoms with Gasteiger partial charge in [-0.2, -0.15) is 5.10 Å². The van der Waals surface area contributed by atoms with E-state index in [0.29, 0.717) is 6.04 Å². The number of phenols is 1. The summed E-state index contributed by atoms with van der Waals surface area (Å²) in [5.41, 5.74) is 5.45. The van der Waals surface area contributed by atoms with Crippen molar-refractivity contribution in [3.05, 3.63) is 48.4 Å². The van der Waals surface area contributed by atoms with Gasteiger partial charge >= 0.3 is 0 Å². The van der Waals surface area contributed by atoms with Gasteiger partial charge in [0.15, 0.2) is 0 Å². The molecule has 1 aromatic carbocycles. The van der Waals surface area contributed by atoms with Crippen molar-refractivity contribution in [3.63, 3.8) is 0 Å². The zero-order valence-corrected chi connectivity index (χ0v) is 21.1. The average molecular weight is 460 g/mol. The fourth-order valence-corrected chi connectivity index (χ4v) is 6.08. The number of hydrogen-bond donors (Lipinski definition) is 2. The van der Waals surface area contributed by atoms with Crippen molar-refractivity contribution in [1.29, 1.82) is 0 Å². The second-order valence-corrected chi connectivity index (χ2v) is 11.4. The van der Waals surface area contributed by atoms with Crippen LogP contribution in [0.2, 0.25) is 0 Å². The molecule has 0 radical (unpaired) electrons. The van der Waals surface area contributed by atoms with Crippen LogP contribution in [0.15, 0.2) is 42.7 Å². The lowest BCUT2D eigenvalue weighted by Gasteiger charge is -2.49. The fourth-order valence-electron chi connectivity index (χ4n) is 6.08. The minimum atomic E-state index is 0.0833. The molecule has 2 N–H and O–H groups in total. The van der Waals surface area contributed by atoms with Crippen molar-refractivity contribution in [2.75, 3.05) is 11.9 Å². The van der Waals surface area contributed by atoms with Crippen LogP contribution in [0.4, 0.5) is 5.82 Å². The molecule has 1 fully saturated rings. The van der Waals surface area contributed by atoms with Crippen LogP contribution in [0.1, 0.15) is 59.1 Å². The number of fused-ring (bicyclic) bond motifs is 1. The fraction of sp³-hybridized carbons (Fsp3) is 0.500. The van der Waals surface area contributed by atoms with Gasteiger partial charge in [0.1, 0.15) is 11.6 Å². The number of rotatable bonds is 4. The number of hydrogen-bond acceptors (Lipinski definition) is 5. The quantitative estimate of drug-likeness (QED) is 0.547. The second kappa shape index (κ2) is 8.42. The zero-order chi connectivity index (χ0) is 24.1. The largest absolute Gasteiger partial charge is 0.507 e. The first-order valence-corrected chi connectivity index (χ1v) is 12.5. The number of aryl methyl sites for hydroxylation is 1. The molecule has 2 aliphatic heterocycles. The van der Waals surface area contributed by atoms with Crippen LogP contribution in [-0.4, -0.2) is 44.0 Å². The van der Waals surface area contributed by atoms with Crippen molar-refractivity contribution in [2.24, 2.45) is 0 Å². The molecule has 4 heterocycles. The highest BCUT2D eigenvalue weighted by Crippen LogP contribution is 2.37. The maximum atomic E-state index is 10.7. The highest BCUT2D eigenvalue weighted by Gasteiger charge is 2.39. The summed E-state index contributed by atoms with van der Waals surface area (Å²) in [7, 11) is 2.14. The molecule has 0 aliphatic carbocycles. The van der Waals surface area contributed by atoms with Crippen LogP contribution in [0.3, 0.4) is 0 Å². The van der Waals surface area contributed by atoms with Gasteiger partial charge in [-0.3, -0.25) is 4.68 Å². The van der Waals surface area contributed by atoms with Crippen molar-refractivity contribution in [3.8, 4) is 28.0 Å². The van der Waals surface area contributed by atoms with E-state index in [9.17, 15) is 5.11 Å². The Morgan fingerprint density at radius 3 is 2.41 bits per heavy atom. The Hall–Kier alpha value is -2.86. The van der Waals surface area contributed by atoms with Gasteiger partial charge in [-0.25, -0.2) is 4.98 Å².